The maximum Gasteiger partial charge on any atom is 0.0302 e. The van der Waals surface area contributed by atoms with Crippen molar-refractivity contribution in [2.45, 2.75) is 39.2 Å². The van der Waals surface area contributed by atoms with Gasteiger partial charge in [0.15, 0.2) is 0 Å². The molecule has 0 saturated carbocycles. The standard InChI is InChI=1S/C14H24N2S/c1-2-13-6-9-17-14(13)11-16-8-5-12-4-3-7-15-10-12/h6,9,12,15-16H,2-5,7-8,10-11H2,1H3. The fraction of sp³-hybridized carbons (Fsp3) is 0.714. The Balaban J connectivity index is 1.62. The zero-order chi connectivity index (χ0) is 11.9. The van der Waals surface area contributed by atoms with Crippen LogP contribution in [-0.4, -0.2) is 19.6 Å². The van der Waals surface area contributed by atoms with Crippen LogP contribution in [0.15, 0.2) is 11.4 Å². The first-order chi connectivity index (χ1) is 8.40. The normalized spacial score (nSPS) is 20.6. The van der Waals surface area contributed by atoms with E-state index in [0.717, 1.165) is 25.4 Å². The first-order valence-corrected chi connectivity index (χ1v) is 7.74. The third kappa shape index (κ3) is 4.09. The third-order valence-electron chi connectivity index (χ3n) is 3.63. The number of nitrogens with one attached hydrogen (secondary N) is 2. The lowest BCUT2D eigenvalue weighted by atomic mass is 9.96. The van der Waals surface area contributed by atoms with Crippen molar-refractivity contribution in [3.63, 3.8) is 0 Å². The van der Waals surface area contributed by atoms with Crippen molar-refractivity contribution in [2.75, 3.05) is 19.6 Å². The lowest BCUT2D eigenvalue weighted by molar-refractivity contribution is 0.352. The molecule has 0 spiro atoms. The zero-order valence-corrected chi connectivity index (χ0v) is 11.6. The first kappa shape index (κ1) is 13.1. The zero-order valence-electron chi connectivity index (χ0n) is 10.8. The molecule has 1 aromatic rings. The Morgan fingerprint density at radius 1 is 1.53 bits per heavy atom. The average molecular weight is 252 g/mol. The monoisotopic (exact) mass is 252 g/mol. The van der Waals surface area contributed by atoms with Crippen LogP contribution in [-0.2, 0) is 13.0 Å². The van der Waals surface area contributed by atoms with Crippen molar-refractivity contribution in [3.05, 3.63) is 21.9 Å². The van der Waals surface area contributed by atoms with Gasteiger partial charge >= 0.3 is 0 Å². The van der Waals surface area contributed by atoms with Crippen LogP contribution < -0.4 is 10.6 Å². The smallest absolute Gasteiger partial charge is 0.0302 e. The Hall–Kier alpha value is -0.380. The van der Waals surface area contributed by atoms with E-state index in [1.807, 2.05) is 11.3 Å². The van der Waals surface area contributed by atoms with E-state index in [0.29, 0.717) is 0 Å². The second-order valence-electron chi connectivity index (χ2n) is 4.90. The molecule has 1 saturated heterocycles. The molecule has 0 amide bonds. The molecule has 1 atom stereocenters. The van der Waals surface area contributed by atoms with Gasteiger partial charge in [0.05, 0.1) is 0 Å². The molecule has 0 aromatic carbocycles. The van der Waals surface area contributed by atoms with Crippen LogP contribution in [0.1, 0.15) is 36.6 Å². The minimum absolute atomic E-state index is 0.894. The van der Waals surface area contributed by atoms with Gasteiger partial charge in [-0.05, 0) is 68.2 Å². The fourth-order valence-electron chi connectivity index (χ4n) is 2.52. The van der Waals surface area contributed by atoms with Gasteiger partial charge in [0.25, 0.3) is 0 Å². The summed E-state index contributed by atoms with van der Waals surface area (Å²) in [4.78, 5) is 1.52. The molecule has 1 unspecified atom stereocenters. The Bertz CT molecular complexity index is 316. The van der Waals surface area contributed by atoms with Crippen molar-refractivity contribution in [2.24, 2.45) is 5.92 Å². The van der Waals surface area contributed by atoms with E-state index in [1.54, 1.807) is 0 Å². The van der Waals surface area contributed by atoms with Gasteiger partial charge in [-0.25, -0.2) is 0 Å². The van der Waals surface area contributed by atoms with Crippen LogP contribution in [0, 0.1) is 5.92 Å². The molecule has 1 fully saturated rings. The molecular formula is C14H24N2S. The van der Waals surface area contributed by atoms with Crippen LogP contribution in [0.5, 0.6) is 0 Å². The minimum atomic E-state index is 0.894. The van der Waals surface area contributed by atoms with E-state index in [9.17, 15) is 0 Å². The number of rotatable bonds is 6. The summed E-state index contributed by atoms with van der Waals surface area (Å²) in [6, 6.07) is 2.26. The molecule has 1 aliphatic heterocycles. The van der Waals surface area contributed by atoms with E-state index in [2.05, 4.69) is 29.0 Å². The van der Waals surface area contributed by atoms with Crippen LogP contribution in [0.2, 0.25) is 0 Å². The van der Waals surface area contributed by atoms with Gasteiger partial charge in [-0.2, -0.15) is 0 Å². The summed E-state index contributed by atoms with van der Waals surface area (Å²) < 4.78 is 0. The van der Waals surface area contributed by atoms with Gasteiger partial charge in [0, 0.05) is 11.4 Å². The maximum absolute atomic E-state index is 3.59. The highest BCUT2D eigenvalue weighted by molar-refractivity contribution is 7.10. The van der Waals surface area contributed by atoms with Gasteiger partial charge in [-0.1, -0.05) is 6.92 Å². The van der Waals surface area contributed by atoms with E-state index in [1.165, 1.54) is 42.8 Å². The highest BCUT2D eigenvalue weighted by Crippen LogP contribution is 2.17. The summed E-state index contributed by atoms with van der Waals surface area (Å²) >= 11 is 1.89. The van der Waals surface area contributed by atoms with Gasteiger partial charge < -0.3 is 10.6 Å². The molecule has 96 valence electrons. The Labute approximate surface area is 109 Å². The molecule has 2 rings (SSSR count). The summed E-state index contributed by atoms with van der Waals surface area (Å²) in [5.74, 6) is 0.894. The van der Waals surface area contributed by atoms with Crippen molar-refractivity contribution in [1.29, 1.82) is 0 Å². The Morgan fingerprint density at radius 3 is 3.24 bits per heavy atom. The molecule has 2 N–H and O–H groups in total. The molecule has 2 heterocycles. The van der Waals surface area contributed by atoms with Crippen LogP contribution in [0.4, 0.5) is 0 Å². The number of thiophene rings is 1. The molecule has 0 aliphatic carbocycles. The summed E-state index contributed by atoms with van der Waals surface area (Å²) in [5, 5.41) is 9.28. The molecule has 0 radical (unpaired) electrons. The summed E-state index contributed by atoms with van der Waals surface area (Å²) in [5.41, 5.74) is 1.52. The van der Waals surface area contributed by atoms with Gasteiger partial charge in [0.2, 0.25) is 0 Å². The molecule has 17 heavy (non-hydrogen) atoms. The molecule has 2 nitrogen and oxygen atoms in total. The van der Waals surface area contributed by atoms with Crippen LogP contribution >= 0.6 is 11.3 Å². The Morgan fingerprint density at radius 2 is 2.47 bits per heavy atom. The highest BCUT2D eigenvalue weighted by Gasteiger charge is 2.12. The number of piperidine rings is 1. The van der Waals surface area contributed by atoms with Gasteiger partial charge in [-0.3, -0.25) is 0 Å². The second-order valence-corrected chi connectivity index (χ2v) is 5.90. The molecule has 0 bridgehead atoms. The summed E-state index contributed by atoms with van der Waals surface area (Å²) in [6.45, 7) is 6.90. The lowest BCUT2D eigenvalue weighted by Crippen LogP contribution is -2.31. The van der Waals surface area contributed by atoms with E-state index in [-0.39, 0.29) is 0 Å². The molecular weight excluding hydrogens is 228 g/mol. The summed E-state index contributed by atoms with van der Waals surface area (Å²) in [6.07, 6.45) is 5.25. The van der Waals surface area contributed by atoms with Gasteiger partial charge in [-0.15, -0.1) is 11.3 Å². The van der Waals surface area contributed by atoms with Crippen molar-refractivity contribution in [3.8, 4) is 0 Å². The first-order valence-electron chi connectivity index (χ1n) is 6.87. The molecule has 3 heteroatoms. The quantitative estimate of drug-likeness (QED) is 0.761. The van der Waals surface area contributed by atoms with E-state index in [4.69, 9.17) is 0 Å². The number of hydrogen-bond donors (Lipinski definition) is 2. The average Bonchev–Trinajstić information content (AvgIpc) is 2.83. The fourth-order valence-corrected chi connectivity index (χ4v) is 3.46. The maximum atomic E-state index is 3.59. The molecule has 1 aromatic heterocycles. The largest absolute Gasteiger partial charge is 0.316 e. The lowest BCUT2D eigenvalue weighted by Gasteiger charge is -2.22. The minimum Gasteiger partial charge on any atom is -0.316 e. The van der Waals surface area contributed by atoms with Crippen molar-refractivity contribution < 1.29 is 0 Å². The predicted molar refractivity (Wildman–Crippen MR) is 75.6 cm³/mol. The SMILES string of the molecule is CCc1ccsc1CNCCC1CCCNC1. The van der Waals surface area contributed by atoms with Crippen LogP contribution in [0.3, 0.4) is 0 Å². The Kier molecular flexibility index (Phi) is 5.49. The van der Waals surface area contributed by atoms with E-state index < -0.39 is 0 Å². The number of aryl methyl sites for hydroxylation is 1. The highest BCUT2D eigenvalue weighted by atomic mass is 32.1. The predicted octanol–water partition coefficient (Wildman–Crippen LogP) is 2.79. The summed E-state index contributed by atoms with van der Waals surface area (Å²) in [7, 11) is 0. The second kappa shape index (κ2) is 7.14. The van der Waals surface area contributed by atoms with E-state index >= 15 is 0 Å². The molecule has 1 aliphatic rings. The van der Waals surface area contributed by atoms with Crippen LogP contribution in [0.25, 0.3) is 0 Å². The third-order valence-corrected chi connectivity index (χ3v) is 4.60. The number of hydrogen-bond acceptors (Lipinski definition) is 3. The van der Waals surface area contributed by atoms with Gasteiger partial charge in [0.1, 0.15) is 0 Å². The van der Waals surface area contributed by atoms with Crippen molar-refractivity contribution in [1.82, 2.24) is 10.6 Å². The van der Waals surface area contributed by atoms with Crippen molar-refractivity contribution >= 4 is 11.3 Å². The topological polar surface area (TPSA) is 24.1 Å².